The number of halogens is 1. The third kappa shape index (κ3) is 3.68. The van der Waals surface area contributed by atoms with Crippen molar-refractivity contribution in [2.45, 2.75) is 32.9 Å². The normalized spacial score (nSPS) is 18.9. The first-order chi connectivity index (χ1) is 15.7. The van der Waals surface area contributed by atoms with Gasteiger partial charge in [-0.2, -0.15) is 5.10 Å². The van der Waals surface area contributed by atoms with Crippen LogP contribution in [0, 0.1) is 5.82 Å². The predicted molar refractivity (Wildman–Crippen MR) is 125 cm³/mol. The molecule has 1 fully saturated rings. The average molecular weight is 449 g/mol. The van der Waals surface area contributed by atoms with E-state index in [1.807, 2.05) is 18.2 Å². The maximum absolute atomic E-state index is 14.8. The molecule has 0 radical (unpaired) electrons. The summed E-state index contributed by atoms with van der Waals surface area (Å²) in [5.41, 5.74) is 1.96. The lowest BCUT2D eigenvalue weighted by Crippen LogP contribution is -2.54. The summed E-state index contributed by atoms with van der Waals surface area (Å²) < 4.78 is 16.3. The van der Waals surface area contributed by atoms with E-state index in [-0.39, 0.29) is 28.4 Å². The highest BCUT2D eigenvalue weighted by molar-refractivity contribution is 6.06. The minimum Gasteiger partial charge on any atom is -0.504 e. The molecule has 1 saturated heterocycles. The number of hydrogen-bond donors (Lipinski definition) is 2. The minimum absolute atomic E-state index is 0.0652. The first-order valence-electron chi connectivity index (χ1n) is 10.9. The van der Waals surface area contributed by atoms with Crippen LogP contribution in [0.1, 0.15) is 31.3 Å². The van der Waals surface area contributed by atoms with Crippen LogP contribution < -0.4 is 10.2 Å². The molecule has 2 aromatic carbocycles. The zero-order valence-electron chi connectivity index (χ0n) is 18.9. The summed E-state index contributed by atoms with van der Waals surface area (Å²) in [5.74, 6) is -1.57. The number of phenolic OH excluding ortho intramolecular Hbond substituents is 1. The summed E-state index contributed by atoms with van der Waals surface area (Å²) in [6, 6.07) is 8.02. The van der Waals surface area contributed by atoms with E-state index in [0.717, 1.165) is 18.8 Å². The Morgan fingerprint density at radius 3 is 2.61 bits per heavy atom. The van der Waals surface area contributed by atoms with E-state index in [1.54, 1.807) is 19.3 Å². The first-order valence-corrected chi connectivity index (χ1v) is 10.9. The van der Waals surface area contributed by atoms with Gasteiger partial charge in [0.2, 0.25) is 0 Å². The maximum atomic E-state index is 14.8. The van der Waals surface area contributed by atoms with Crippen LogP contribution in [0.5, 0.6) is 5.75 Å². The van der Waals surface area contributed by atoms with Crippen LogP contribution in [0.25, 0.3) is 33.2 Å². The van der Waals surface area contributed by atoms with Gasteiger partial charge in [0, 0.05) is 61.8 Å². The molecule has 2 unspecified atom stereocenters. The zero-order valence-corrected chi connectivity index (χ0v) is 18.9. The number of Topliss-reactive ketones (excluding diaryl/α,β-unsaturated/α-hetero) is 1. The predicted octanol–water partition coefficient (Wildman–Crippen LogP) is 3.42. The van der Waals surface area contributed by atoms with Crippen LogP contribution in [-0.4, -0.2) is 55.8 Å². The Kier molecular flexibility index (Phi) is 5.01. The smallest absolute Gasteiger partial charge is 0.193 e. The molecule has 9 heteroatoms. The molecular formula is C24H25FN6O2. The van der Waals surface area contributed by atoms with Gasteiger partial charge in [-0.05, 0) is 38.1 Å². The molecule has 3 heterocycles. The van der Waals surface area contributed by atoms with Gasteiger partial charge in [0.05, 0.1) is 11.1 Å². The summed E-state index contributed by atoms with van der Waals surface area (Å²) >= 11 is 0. The molecule has 2 atom stereocenters. The number of phenols is 1. The summed E-state index contributed by atoms with van der Waals surface area (Å²) in [6.07, 6.45) is 1.65. The van der Waals surface area contributed by atoms with E-state index in [2.05, 4.69) is 39.1 Å². The maximum Gasteiger partial charge on any atom is 0.193 e. The van der Waals surface area contributed by atoms with Gasteiger partial charge < -0.3 is 15.3 Å². The number of ketones is 1. The number of fused-ring (bicyclic) bond motifs is 2. The van der Waals surface area contributed by atoms with Crippen LogP contribution in [0.3, 0.4) is 0 Å². The Morgan fingerprint density at radius 2 is 1.91 bits per heavy atom. The van der Waals surface area contributed by atoms with Crippen molar-refractivity contribution in [1.29, 1.82) is 0 Å². The fraction of sp³-hybridized carbons (Fsp3) is 0.333. The number of hydrogen-bond acceptors (Lipinski definition) is 7. The van der Waals surface area contributed by atoms with Gasteiger partial charge in [-0.3, -0.25) is 9.48 Å². The van der Waals surface area contributed by atoms with E-state index >= 15 is 0 Å². The molecular weight excluding hydrogens is 423 g/mol. The largest absolute Gasteiger partial charge is 0.504 e. The second kappa shape index (κ2) is 7.77. The molecule has 1 aliphatic heterocycles. The molecule has 8 nitrogen and oxygen atoms in total. The minimum atomic E-state index is -0.839. The molecule has 2 aromatic heterocycles. The van der Waals surface area contributed by atoms with E-state index in [4.69, 9.17) is 0 Å². The molecule has 170 valence electrons. The van der Waals surface area contributed by atoms with Gasteiger partial charge in [0.25, 0.3) is 0 Å². The van der Waals surface area contributed by atoms with Gasteiger partial charge in [-0.1, -0.05) is 0 Å². The van der Waals surface area contributed by atoms with Crippen LogP contribution in [0.2, 0.25) is 0 Å². The summed E-state index contributed by atoms with van der Waals surface area (Å²) in [4.78, 5) is 23.8. The van der Waals surface area contributed by atoms with Gasteiger partial charge in [0.1, 0.15) is 11.2 Å². The lowest BCUT2D eigenvalue weighted by Gasteiger charge is -2.37. The van der Waals surface area contributed by atoms with Crippen LogP contribution >= 0.6 is 0 Å². The number of benzene rings is 2. The van der Waals surface area contributed by atoms with E-state index in [0.29, 0.717) is 28.4 Å². The second-order valence-corrected chi connectivity index (χ2v) is 8.85. The number of carbonyl (C=O) groups is 1. The van der Waals surface area contributed by atoms with Crippen LogP contribution in [0.4, 0.5) is 10.1 Å². The molecule has 33 heavy (non-hydrogen) atoms. The van der Waals surface area contributed by atoms with Crippen molar-refractivity contribution >= 4 is 33.3 Å². The third-order valence-corrected chi connectivity index (χ3v) is 6.00. The number of nitrogens with one attached hydrogen (secondary N) is 1. The third-order valence-electron chi connectivity index (χ3n) is 6.00. The van der Waals surface area contributed by atoms with Gasteiger partial charge >= 0.3 is 0 Å². The second-order valence-electron chi connectivity index (χ2n) is 8.85. The van der Waals surface area contributed by atoms with Crippen LogP contribution in [0.15, 0.2) is 30.5 Å². The van der Waals surface area contributed by atoms with E-state index in [1.165, 1.54) is 11.6 Å². The molecule has 0 spiro atoms. The number of nitrogens with zero attached hydrogens (tertiary/aromatic N) is 5. The van der Waals surface area contributed by atoms with Crippen molar-refractivity contribution in [1.82, 2.24) is 25.1 Å². The summed E-state index contributed by atoms with van der Waals surface area (Å²) in [5, 5.41) is 19.2. The first kappa shape index (κ1) is 21.3. The van der Waals surface area contributed by atoms with Crippen molar-refractivity contribution in [2.24, 2.45) is 7.05 Å². The fourth-order valence-electron chi connectivity index (χ4n) is 4.65. The van der Waals surface area contributed by atoms with Crippen molar-refractivity contribution in [3.8, 4) is 17.1 Å². The Bertz CT molecular complexity index is 1410. The number of carbonyl (C=O) groups excluding carboxylic acids is 1. The number of aromatic nitrogens is 4. The molecule has 0 amide bonds. The Morgan fingerprint density at radius 1 is 1.18 bits per heavy atom. The van der Waals surface area contributed by atoms with Crippen molar-refractivity contribution in [2.75, 3.05) is 18.0 Å². The van der Waals surface area contributed by atoms with Gasteiger partial charge in [-0.15, -0.1) is 0 Å². The number of aromatic hydroxyl groups is 1. The molecule has 4 aromatic rings. The quantitative estimate of drug-likeness (QED) is 0.464. The summed E-state index contributed by atoms with van der Waals surface area (Å²) in [7, 11) is 1.67. The van der Waals surface area contributed by atoms with Crippen LogP contribution in [-0.2, 0) is 7.05 Å². The standard InChI is InChI=1S/C24H25FN6O2/c1-12-9-31(10-13(2)26-12)16-5-6-19-17(8-16)21(14(3)32)28-24(27-19)18-7-15-11-30(4)29-22(15)20(25)23(18)33/h5-8,11-13,26,33H,9-10H2,1-4H3. The van der Waals surface area contributed by atoms with E-state index in [9.17, 15) is 14.3 Å². The number of aryl methyl sites for hydroxylation is 1. The number of piperazine rings is 1. The molecule has 0 bridgehead atoms. The lowest BCUT2D eigenvalue weighted by molar-refractivity contribution is 0.101. The van der Waals surface area contributed by atoms with Crippen molar-refractivity contribution in [3.05, 3.63) is 42.0 Å². The highest BCUT2D eigenvalue weighted by atomic mass is 19.1. The van der Waals surface area contributed by atoms with Crippen molar-refractivity contribution < 1.29 is 14.3 Å². The van der Waals surface area contributed by atoms with Crippen molar-refractivity contribution in [3.63, 3.8) is 0 Å². The highest BCUT2D eigenvalue weighted by Crippen LogP contribution is 2.36. The molecule has 2 N–H and O–H groups in total. The summed E-state index contributed by atoms with van der Waals surface area (Å²) in [6.45, 7) is 7.43. The molecule has 0 saturated carbocycles. The SMILES string of the molecule is CC(=O)c1nc(-c2cc3cn(C)nc3c(F)c2O)nc2ccc(N3CC(C)NC(C)C3)cc12. The fourth-order valence-corrected chi connectivity index (χ4v) is 4.65. The highest BCUT2D eigenvalue weighted by Gasteiger charge is 2.24. The Balaban J connectivity index is 1.66. The number of rotatable bonds is 3. The lowest BCUT2D eigenvalue weighted by atomic mass is 10.1. The topological polar surface area (TPSA) is 96.2 Å². The Hall–Kier alpha value is -3.59. The average Bonchev–Trinajstić information content (AvgIpc) is 3.15. The monoisotopic (exact) mass is 448 g/mol. The molecule has 5 rings (SSSR count). The molecule has 0 aliphatic carbocycles. The van der Waals surface area contributed by atoms with E-state index < -0.39 is 11.6 Å². The molecule has 1 aliphatic rings. The van der Waals surface area contributed by atoms with Gasteiger partial charge in [-0.25, -0.2) is 14.4 Å². The van der Waals surface area contributed by atoms with Gasteiger partial charge in [0.15, 0.2) is 23.2 Å². The number of anilines is 1. The zero-order chi connectivity index (χ0) is 23.4. The Labute approximate surface area is 190 Å².